The van der Waals surface area contributed by atoms with E-state index in [0.717, 1.165) is 57.3 Å². The molecule has 1 unspecified atom stereocenters. The van der Waals surface area contributed by atoms with Crippen LogP contribution in [0.2, 0.25) is 0 Å². The van der Waals surface area contributed by atoms with Crippen LogP contribution in [0.15, 0.2) is 47.7 Å². The largest absolute Gasteiger partial charge is 0.357 e. The summed E-state index contributed by atoms with van der Waals surface area (Å²) in [6, 6.07) is 10.9. The number of aliphatic imine (C=N–C) groups is 1. The van der Waals surface area contributed by atoms with Gasteiger partial charge in [0.25, 0.3) is 0 Å². The molecule has 0 fully saturated rings. The van der Waals surface area contributed by atoms with Gasteiger partial charge in [-0.1, -0.05) is 44.2 Å². The van der Waals surface area contributed by atoms with Gasteiger partial charge in [0.1, 0.15) is 5.82 Å². The van der Waals surface area contributed by atoms with Crippen molar-refractivity contribution in [2.24, 2.45) is 4.99 Å². The van der Waals surface area contributed by atoms with Gasteiger partial charge in [0, 0.05) is 44.5 Å². The Hall–Kier alpha value is -1.61. The van der Waals surface area contributed by atoms with Crippen LogP contribution in [0, 0.1) is 0 Å². The average molecular weight is 541 g/mol. The third kappa shape index (κ3) is 10.5. The van der Waals surface area contributed by atoms with Crippen molar-refractivity contribution in [2.75, 3.05) is 32.7 Å². The predicted molar refractivity (Wildman–Crippen MR) is 142 cm³/mol. The lowest BCUT2D eigenvalue weighted by atomic mass is 10.2. The lowest BCUT2D eigenvalue weighted by Gasteiger charge is -2.21. The minimum atomic E-state index is 0. The second-order valence-corrected chi connectivity index (χ2v) is 7.68. The normalized spacial score (nSPS) is 12.5. The van der Waals surface area contributed by atoms with Crippen LogP contribution >= 0.6 is 24.0 Å². The standard InChI is InChI=1S/C24H40N6.HI/c1-5-25-24(28-21(4)12-11-18-29(6-2)7-3)27-16-15-23-26-17-19-30(23)20-22-13-9-8-10-14-22;/h8-10,13-14,17,19,21H,5-7,11-12,15-16,18,20H2,1-4H3,(H2,25,27,28);1H. The Morgan fingerprint density at radius 1 is 1.16 bits per heavy atom. The van der Waals surface area contributed by atoms with E-state index in [1.165, 1.54) is 12.0 Å². The Kier molecular flexibility index (Phi) is 14.2. The van der Waals surface area contributed by atoms with E-state index in [0.29, 0.717) is 12.6 Å². The van der Waals surface area contributed by atoms with E-state index < -0.39 is 0 Å². The van der Waals surface area contributed by atoms with Crippen LogP contribution < -0.4 is 10.6 Å². The summed E-state index contributed by atoms with van der Waals surface area (Å²) in [6.07, 6.45) is 7.10. The molecular weight excluding hydrogens is 499 g/mol. The first-order valence-corrected chi connectivity index (χ1v) is 11.5. The highest BCUT2D eigenvalue weighted by atomic mass is 127. The summed E-state index contributed by atoms with van der Waals surface area (Å²) < 4.78 is 2.21. The first-order chi connectivity index (χ1) is 14.7. The zero-order valence-corrected chi connectivity index (χ0v) is 22.0. The number of hydrogen-bond donors (Lipinski definition) is 2. The molecule has 0 amide bonds. The number of aromatic nitrogens is 2. The molecule has 0 spiro atoms. The van der Waals surface area contributed by atoms with Crippen LogP contribution in [0.1, 0.15) is 51.9 Å². The molecular formula is C24H41IN6. The van der Waals surface area contributed by atoms with Gasteiger partial charge < -0.3 is 20.1 Å². The molecule has 1 aromatic carbocycles. The summed E-state index contributed by atoms with van der Waals surface area (Å²) in [5.74, 6) is 1.97. The van der Waals surface area contributed by atoms with Gasteiger partial charge in [-0.25, -0.2) is 4.98 Å². The van der Waals surface area contributed by atoms with Crippen LogP contribution in [0.5, 0.6) is 0 Å². The Morgan fingerprint density at radius 2 is 1.90 bits per heavy atom. The molecule has 2 aromatic rings. The van der Waals surface area contributed by atoms with Gasteiger partial charge in [0.2, 0.25) is 0 Å². The number of imidazole rings is 1. The van der Waals surface area contributed by atoms with Gasteiger partial charge in [-0.2, -0.15) is 0 Å². The van der Waals surface area contributed by atoms with Gasteiger partial charge in [0.15, 0.2) is 5.96 Å². The molecule has 174 valence electrons. The van der Waals surface area contributed by atoms with E-state index in [2.05, 4.69) is 77.0 Å². The van der Waals surface area contributed by atoms with E-state index in [9.17, 15) is 0 Å². The van der Waals surface area contributed by atoms with Crippen LogP contribution in [-0.4, -0.2) is 59.2 Å². The minimum Gasteiger partial charge on any atom is -0.357 e. The zero-order chi connectivity index (χ0) is 21.6. The highest BCUT2D eigenvalue weighted by Crippen LogP contribution is 2.06. The van der Waals surface area contributed by atoms with Crippen LogP contribution in [-0.2, 0) is 13.0 Å². The molecule has 1 heterocycles. The highest BCUT2D eigenvalue weighted by Gasteiger charge is 2.08. The molecule has 31 heavy (non-hydrogen) atoms. The summed E-state index contributed by atoms with van der Waals surface area (Å²) in [7, 11) is 0. The second-order valence-electron chi connectivity index (χ2n) is 7.68. The van der Waals surface area contributed by atoms with Crippen molar-refractivity contribution >= 4 is 29.9 Å². The lowest BCUT2D eigenvalue weighted by Crippen LogP contribution is -2.42. The van der Waals surface area contributed by atoms with Gasteiger partial charge in [-0.15, -0.1) is 24.0 Å². The quantitative estimate of drug-likeness (QED) is 0.228. The highest BCUT2D eigenvalue weighted by molar-refractivity contribution is 14.0. The maximum atomic E-state index is 4.78. The molecule has 2 rings (SSSR count). The average Bonchev–Trinajstić information content (AvgIpc) is 3.19. The number of nitrogens with zero attached hydrogens (tertiary/aromatic N) is 4. The van der Waals surface area contributed by atoms with Crippen molar-refractivity contribution in [3.05, 3.63) is 54.1 Å². The zero-order valence-electron chi connectivity index (χ0n) is 19.7. The molecule has 2 N–H and O–H groups in total. The maximum Gasteiger partial charge on any atom is 0.191 e. The molecule has 1 aromatic heterocycles. The number of nitrogens with one attached hydrogen (secondary N) is 2. The third-order valence-electron chi connectivity index (χ3n) is 5.34. The van der Waals surface area contributed by atoms with Crippen molar-refractivity contribution in [3.63, 3.8) is 0 Å². The topological polar surface area (TPSA) is 57.5 Å². The summed E-state index contributed by atoms with van der Waals surface area (Å²) >= 11 is 0. The number of hydrogen-bond acceptors (Lipinski definition) is 3. The summed E-state index contributed by atoms with van der Waals surface area (Å²) in [4.78, 5) is 11.8. The van der Waals surface area contributed by atoms with E-state index in [4.69, 9.17) is 4.99 Å². The molecule has 0 radical (unpaired) electrons. The molecule has 7 heteroatoms. The molecule has 6 nitrogen and oxygen atoms in total. The van der Waals surface area contributed by atoms with Crippen molar-refractivity contribution in [3.8, 4) is 0 Å². The van der Waals surface area contributed by atoms with Crippen LogP contribution in [0.25, 0.3) is 0 Å². The number of rotatable bonds is 13. The summed E-state index contributed by atoms with van der Waals surface area (Å²) in [6.45, 7) is 14.6. The number of benzene rings is 1. The van der Waals surface area contributed by atoms with Crippen molar-refractivity contribution in [2.45, 2.75) is 59.5 Å². The molecule has 0 aliphatic carbocycles. The van der Waals surface area contributed by atoms with Gasteiger partial charge in [0.05, 0.1) is 0 Å². The second kappa shape index (κ2) is 16.1. The maximum absolute atomic E-state index is 4.78. The Balaban J connectivity index is 0.00000480. The molecule has 0 aliphatic heterocycles. The molecule has 0 aliphatic rings. The van der Waals surface area contributed by atoms with Crippen molar-refractivity contribution < 1.29 is 0 Å². The lowest BCUT2D eigenvalue weighted by molar-refractivity contribution is 0.292. The van der Waals surface area contributed by atoms with E-state index in [1.807, 2.05) is 18.5 Å². The molecule has 0 bridgehead atoms. The van der Waals surface area contributed by atoms with Crippen LogP contribution in [0.3, 0.4) is 0 Å². The number of halogens is 1. The van der Waals surface area contributed by atoms with Crippen molar-refractivity contribution in [1.82, 2.24) is 25.1 Å². The third-order valence-corrected chi connectivity index (χ3v) is 5.34. The van der Waals surface area contributed by atoms with E-state index >= 15 is 0 Å². The summed E-state index contributed by atoms with van der Waals surface area (Å²) in [5, 5.41) is 6.93. The Morgan fingerprint density at radius 3 is 2.58 bits per heavy atom. The Bertz CT molecular complexity index is 727. The summed E-state index contributed by atoms with van der Waals surface area (Å²) in [5.41, 5.74) is 1.29. The van der Waals surface area contributed by atoms with Gasteiger partial charge >= 0.3 is 0 Å². The van der Waals surface area contributed by atoms with Gasteiger partial charge in [-0.3, -0.25) is 4.99 Å². The predicted octanol–water partition coefficient (Wildman–Crippen LogP) is 4.16. The molecule has 0 saturated carbocycles. The molecule has 1 atom stereocenters. The monoisotopic (exact) mass is 540 g/mol. The van der Waals surface area contributed by atoms with Crippen molar-refractivity contribution in [1.29, 1.82) is 0 Å². The first-order valence-electron chi connectivity index (χ1n) is 11.5. The van der Waals surface area contributed by atoms with Crippen LogP contribution in [0.4, 0.5) is 0 Å². The van der Waals surface area contributed by atoms with E-state index in [1.54, 1.807) is 0 Å². The fourth-order valence-corrected chi connectivity index (χ4v) is 3.55. The Labute approximate surface area is 206 Å². The van der Waals surface area contributed by atoms with E-state index in [-0.39, 0.29) is 24.0 Å². The smallest absolute Gasteiger partial charge is 0.191 e. The fourth-order valence-electron chi connectivity index (χ4n) is 3.55. The molecule has 0 saturated heterocycles. The minimum absolute atomic E-state index is 0. The van der Waals surface area contributed by atoms with Gasteiger partial charge in [-0.05, 0) is 51.9 Å². The SMILES string of the molecule is CCNC(=NCCc1nccn1Cc1ccccc1)NC(C)CCCN(CC)CC.I. The first kappa shape index (κ1) is 27.4. The fraction of sp³-hybridized carbons (Fsp3) is 0.583. The number of guanidine groups is 1.